The van der Waals surface area contributed by atoms with Crippen LogP contribution in [0.25, 0.3) is 11.1 Å². The van der Waals surface area contributed by atoms with E-state index in [1.54, 1.807) is 0 Å². The minimum atomic E-state index is -1.13. The molecule has 0 amide bonds. The van der Waals surface area contributed by atoms with Crippen LogP contribution in [0.4, 0.5) is 4.39 Å². The Morgan fingerprint density at radius 3 is 2.48 bits per heavy atom. The summed E-state index contributed by atoms with van der Waals surface area (Å²) in [5.74, 6) is -2.66. The van der Waals surface area contributed by atoms with Gasteiger partial charge >= 0.3 is 11.9 Å². The standard InChI is InChI=1S/C15H10ClFO4/c1-21-15(20)12-7-8(2-3-13(12)17)9-4-10(14(18)19)6-11(16)5-9/h2-7H,1H3,(H,18,19). The van der Waals surface area contributed by atoms with E-state index in [9.17, 15) is 14.0 Å². The summed E-state index contributed by atoms with van der Waals surface area (Å²) in [6, 6.07) is 8.06. The predicted molar refractivity (Wildman–Crippen MR) is 75.1 cm³/mol. The van der Waals surface area contributed by atoms with Gasteiger partial charge in [-0.3, -0.25) is 0 Å². The lowest BCUT2D eigenvalue weighted by Gasteiger charge is -2.07. The molecular formula is C15H10ClFO4. The van der Waals surface area contributed by atoms with Crippen molar-refractivity contribution >= 4 is 23.5 Å². The fourth-order valence-electron chi connectivity index (χ4n) is 1.85. The average Bonchev–Trinajstić information content (AvgIpc) is 2.46. The third kappa shape index (κ3) is 3.20. The zero-order chi connectivity index (χ0) is 15.6. The molecule has 2 aromatic rings. The van der Waals surface area contributed by atoms with Crippen LogP contribution in [0.15, 0.2) is 36.4 Å². The smallest absolute Gasteiger partial charge is 0.340 e. The molecule has 0 heterocycles. The second-order valence-corrected chi connectivity index (χ2v) is 4.66. The normalized spacial score (nSPS) is 10.2. The summed E-state index contributed by atoms with van der Waals surface area (Å²) in [6.07, 6.45) is 0. The van der Waals surface area contributed by atoms with Crippen LogP contribution in [0, 0.1) is 5.82 Å². The molecule has 0 aromatic heterocycles. The Balaban J connectivity index is 2.57. The zero-order valence-corrected chi connectivity index (χ0v) is 11.6. The molecule has 0 aliphatic carbocycles. The van der Waals surface area contributed by atoms with Gasteiger partial charge in [0.2, 0.25) is 0 Å². The van der Waals surface area contributed by atoms with Crippen LogP contribution < -0.4 is 0 Å². The summed E-state index contributed by atoms with van der Waals surface area (Å²) in [5, 5.41) is 9.24. The van der Waals surface area contributed by atoms with E-state index in [0.29, 0.717) is 11.1 Å². The first-order valence-corrected chi connectivity index (χ1v) is 6.22. The van der Waals surface area contributed by atoms with Gasteiger partial charge in [0.15, 0.2) is 0 Å². The lowest BCUT2D eigenvalue weighted by molar-refractivity contribution is 0.0594. The van der Waals surface area contributed by atoms with Crippen molar-refractivity contribution in [3.8, 4) is 11.1 Å². The number of aromatic carboxylic acids is 1. The molecule has 0 aliphatic rings. The highest BCUT2D eigenvalue weighted by molar-refractivity contribution is 6.31. The number of hydrogen-bond acceptors (Lipinski definition) is 3. The SMILES string of the molecule is COC(=O)c1cc(-c2cc(Cl)cc(C(=O)O)c2)ccc1F. The minimum absolute atomic E-state index is 0.00134. The third-order valence-corrected chi connectivity index (χ3v) is 3.07. The average molecular weight is 309 g/mol. The van der Waals surface area contributed by atoms with Crippen LogP contribution in [-0.2, 0) is 4.74 Å². The number of methoxy groups -OCH3 is 1. The summed E-state index contributed by atoms with van der Waals surface area (Å²) in [4.78, 5) is 22.5. The van der Waals surface area contributed by atoms with Gasteiger partial charge in [-0.05, 0) is 41.5 Å². The molecule has 4 nitrogen and oxygen atoms in total. The molecule has 0 spiro atoms. The van der Waals surface area contributed by atoms with Crippen molar-refractivity contribution in [2.75, 3.05) is 7.11 Å². The van der Waals surface area contributed by atoms with E-state index in [-0.39, 0.29) is 16.1 Å². The summed E-state index contributed by atoms with van der Waals surface area (Å²) in [7, 11) is 1.15. The fourth-order valence-corrected chi connectivity index (χ4v) is 2.09. The number of carbonyl (C=O) groups is 2. The quantitative estimate of drug-likeness (QED) is 0.879. The highest BCUT2D eigenvalue weighted by atomic mass is 35.5. The topological polar surface area (TPSA) is 63.6 Å². The molecule has 2 rings (SSSR count). The number of esters is 1. The molecule has 2 aromatic carbocycles. The Morgan fingerprint density at radius 1 is 1.14 bits per heavy atom. The molecule has 108 valence electrons. The third-order valence-electron chi connectivity index (χ3n) is 2.85. The van der Waals surface area contributed by atoms with Crippen molar-refractivity contribution in [1.29, 1.82) is 0 Å². The fraction of sp³-hybridized carbons (Fsp3) is 0.0667. The van der Waals surface area contributed by atoms with Crippen LogP contribution in [0.3, 0.4) is 0 Å². The van der Waals surface area contributed by atoms with Crippen molar-refractivity contribution < 1.29 is 23.8 Å². The van der Waals surface area contributed by atoms with Gasteiger partial charge in [0, 0.05) is 5.02 Å². The number of carboxylic acid groups (broad SMARTS) is 1. The maximum Gasteiger partial charge on any atom is 0.340 e. The number of benzene rings is 2. The van der Waals surface area contributed by atoms with Crippen LogP contribution >= 0.6 is 11.6 Å². The van der Waals surface area contributed by atoms with Crippen molar-refractivity contribution in [2.45, 2.75) is 0 Å². The molecule has 0 saturated carbocycles. The Bertz CT molecular complexity index is 728. The van der Waals surface area contributed by atoms with E-state index < -0.39 is 17.8 Å². The van der Waals surface area contributed by atoms with Crippen LogP contribution in [0.5, 0.6) is 0 Å². The molecule has 0 unspecified atom stereocenters. The van der Waals surface area contributed by atoms with Gasteiger partial charge < -0.3 is 9.84 Å². The minimum Gasteiger partial charge on any atom is -0.478 e. The van der Waals surface area contributed by atoms with Crippen molar-refractivity contribution in [3.63, 3.8) is 0 Å². The Morgan fingerprint density at radius 2 is 1.86 bits per heavy atom. The van der Waals surface area contributed by atoms with Gasteiger partial charge in [0.05, 0.1) is 18.2 Å². The molecule has 1 N–H and O–H groups in total. The van der Waals surface area contributed by atoms with Gasteiger partial charge in [-0.1, -0.05) is 17.7 Å². The van der Waals surface area contributed by atoms with Gasteiger partial charge in [-0.2, -0.15) is 0 Å². The number of carbonyl (C=O) groups excluding carboxylic acids is 1. The molecule has 0 bridgehead atoms. The second kappa shape index (κ2) is 5.93. The maximum absolute atomic E-state index is 13.6. The van der Waals surface area contributed by atoms with Crippen molar-refractivity contribution in [3.05, 3.63) is 58.4 Å². The predicted octanol–water partition coefficient (Wildman–Crippen LogP) is 3.63. The first kappa shape index (κ1) is 15.0. The van der Waals surface area contributed by atoms with E-state index >= 15 is 0 Å². The number of carboxylic acids is 1. The summed E-state index contributed by atoms with van der Waals surface area (Å²) in [6.45, 7) is 0. The second-order valence-electron chi connectivity index (χ2n) is 4.22. The first-order chi connectivity index (χ1) is 9.92. The lowest BCUT2D eigenvalue weighted by atomic mass is 10.0. The van der Waals surface area contributed by atoms with Crippen molar-refractivity contribution in [2.24, 2.45) is 0 Å². The summed E-state index contributed by atoms with van der Waals surface area (Å²) in [5.41, 5.74) is 0.695. The summed E-state index contributed by atoms with van der Waals surface area (Å²) < 4.78 is 18.1. The van der Waals surface area contributed by atoms with Crippen LogP contribution in [-0.4, -0.2) is 24.2 Å². The Kier molecular flexibility index (Phi) is 4.23. The monoisotopic (exact) mass is 308 g/mol. The largest absolute Gasteiger partial charge is 0.478 e. The molecular weight excluding hydrogens is 299 g/mol. The van der Waals surface area contributed by atoms with Crippen LogP contribution in [0.2, 0.25) is 5.02 Å². The van der Waals surface area contributed by atoms with E-state index in [1.165, 1.54) is 30.3 Å². The Hall–Kier alpha value is -2.40. The van der Waals surface area contributed by atoms with Gasteiger partial charge in [-0.15, -0.1) is 0 Å². The van der Waals surface area contributed by atoms with Gasteiger partial charge in [-0.25, -0.2) is 14.0 Å². The number of rotatable bonds is 3. The van der Waals surface area contributed by atoms with Gasteiger partial charge in [0.1, 0.15) is 5.82 Å². The number of hydrogen-bond donors (Lipinski definition) is 1. The number of halogens is 2. The molecule has 0 fully saturated rings. The molecule has 6 heteroatoms. The zero-order valence-electron chi connectivity index (χ0n) is 10.9. The lowest BCUT2D eigenvalue weighted by Crippen LogP contribution is -2.04. The van der Waals surface area contributed by atoms with Crippen molar-refractivity contribution in [1.82, 2.24) is 0 Å². The first-order valence-electron chi connectivity index (χ1n) is 5.84. The molecule has 21 heavy (non-hydrogen) atoms. The highest BCUT2D eigenvalue weighted by Crippen LogP contribution is 2.27. The molecule has 0 radical (unpaired) electrons. The van der Waals surface area contributed by atoms with E-state index in [4.69, 9.17) is 16.7 Å². The Labute approximate surface area is 124 Å². The molecule has 0 atom stereocenters. The van der Waals surface area contributed by atoms with E-state index in [1.807, 2.05) is 0 Å². The molecule has 0 saturated heterocycles. The number of ether oxygens (including phenoxy) is 1. The van der Waals surface area contributed by atoms with E-state index in [2.05, 4.69) is 4.74 Å². The van der Waals surface area contributed by atoms with E-state index in [0.717, 1.165) is 13.2 Å². The molecule has 0 aliphatic heterocycles. The van der Waals surface area contributed by atoms with Gasteiger partial charge in [0.25, 0.3) is 0 Å². The summed E-state index contributed by atoms with van der Waals surface area (Å²) >= 11 is 5.88. The highest BCUT2D eigenvalue weighted by Gasteiger charge is 2.14. The maximum atomic E-state index is 13.6. The van der Waals surface area contributed by atoms with Crippen LogP contribution in [0.1, 0.15) is 20.7 Å².